The highest BCUT2D eigenvalue weighted by Gasteiger charge is 2.00. The van der Waals surface area contributed by atoms with Gasteiger partial charge in [-0.3, -0.25) is 5.01 Å². The van der Waals surface area contributed by atoms with Gasteiger partial charge in [-0.25, -0.2) is 0 Å². The van der Waals surface area contributed by atoms with E-state index in [4.69, 9.17) is 23.2 Å². The van der Waals surface area contributed by atoms with Crippen molar-refractivity contribution in [1.29, 1.82) is 0 Å². The molecule has 1 rings (SSSR count). The van der Waals surface area contributed by atoms with Gasteiger partial charge < -0.3 is 0 Å². The Morgan fingerprint density at radius 1 is 1.25 bits per heavy atom. The van der Waals surface area contributed by atoms with Crippen molar-refractivity contribution in [2.75, 3.05) is 12.1 Å². The molecule has 0 saturated carbocycles. The molecule has 0 N–H and O–H groups in total. The first-order valence-electron chi connectivity index (χ1n) is 3.30. The Kier molecular flexibility index (Phi) is 2.95. The maximum atomic E-state index is 5.78. The van der Waals surface area contributed by atoms with Crippen LogP contribution in [0.15, 0.2) is 23.3 Å². The summed E-state index contributed by atoms with van der Waals surface area (Å²) < 4.78 is 0. The van der Waals surface area contributed by atoms with Crippen LogP contribution >= 0.6 is 23.2 Å². The second kappa shape index (κ2) is 3.78. The molecule has 0 spiro atoms. The minimum atomic E-state index is 0.591. The van der Waals surface area contributed by atoms with Gasteiger partial charge in [0.15, 0.2) is 0 Å². The summed E-state index contributed by atoms with van der Waals surface area (Å²) >= 11 is 11.6. The lowest BCUT2D eigenvalue weighted by Gasteiger charge is -2.12. The largest absolute Gasteiger partial charge is 0.269 e. The zero-order valence-electron chi connectivity index (χ0n) is 6.59. The van der Waals surface area contributed by atoms with E-state index in [1.807, 2.05) is 0 Å². The Labute approximate surface area is 81.4 Å². The number of benzene rings is 1. The molecule has 0 amide bonds. The molecule has 0 aliphatic rings. The maximum Gasteiger partial charge on any atom is 0.0619 e. The van der Waals surface area contributed by atoms with Crippen LogP contribution in [0.2, 0.25) is 10.0 Å². The van der Waals surface area contributed by atoms with Gasteiger partial charge in [-0.2, -0.15) is 5.10 Å². The molecule has 0 radical (unpaired) electrons. The predicted molar refractivity (Wildman–Crippen MR) is 54.4 cm³/mol. The summed E-state index contributed by atoms with van der Waals surface area (Å²) in [6.45, 7) is 3.39. The third-order valence-corrected chi connectivity index (χ3v) is 1.87. The fourth-order valence-corrected chi connectivity index (χ4v) is 1.32. The summed E-state index contributed by atoms with van der Waals surface area (Å²) in [5, 5.41) is 6.48. The molecule has 0 heterocycles. The number of hydrogen-bond donors (Lipinski definition) is 0. The van der Waals surface area contributed by atoms with Crippen molar-refractivity contribution in [3.63, 3.8) is 0 Å². The van der Waals surface area contributed by atoms with Crippen LogP contribution in [0.25, 0.3) is 0 Å². The summed E-state index contributed by atoms with van der Waals surface area (Å²) in [4.78, 5) is 0. The molecular formula is C8H8Cl2N2. The highest BCUT2D eigenvalue weighted by Crippen LogP contribution is 2.24. The molecule has 0 atom stereocenters. The number of hydrogen-bond acceptors (Lipinski definition) is 2. The lowest BCUT2D eigenvalue weighted by molar-refractivity contribution is 1.03. The van der Waals surface area contributed by atoms with Gasteiger partial charge in [-0.15, -0.1) is 0 Å². The van der Waals surface area contributed by atoms with Gasteiger partial charge in [0.05, 0.1) is 5.69 Å². The summed E-state index contributed by atoms with van der Waals surface area (Å²) in [5.41, 5.74) is 0.822. The van der Waals surface area contributed by atoms with Gasteiger partial charge in [-0.05, 0) is 18.2 Å². The van der Waals surface area contributed by atoms with E-state index in [1.54, 1.807) is 30.3 Å². The van der Waals surface area contributed by atoms with Gasteiger partial charge in [0.1, 0.15) is 0 Å². The van der Waals surface area contributed by atoms with E-state index in [0.29, 0.717) is 10.0 Å². The van der Waals surface area contributed by atoms with Crippen molar-refractivity contribution in [3.8, 4) is 0 Å². The number of anilines is 1. The quantitative estimate of drug-likeness (QED) is 0.532. The fourth-order valence-electron chi connectivity index (χ4n) is 0.808. The Balaban J connectivity index is 3.08. The number of halogens is 2. The highest BCUT2D eigenvalue weighted by molar-refractivity contribution is 6.35. The molecule has 2 nitrogen and oxygen atoms in total. The molecule has 1 aromatic rings. The molecule has 0 aliphatic heterocycles. The predicted octanol–water partition coefficient (Wildman–Crippen LogP) is 3.05. The van der Waals surface area contributed by atoms with Crippen LogP contribution in [0.4, 0.5) is 5.69 Å². The Morgan fingerprint density at radius 3 is 2.17 bits per heavy atom. The van der Waals surface area contributed by atoms with Crippen LogP contribution in [-0.4, -0.2) is 13.8 Å². The molecule has 64 valence electrons. The molecule has 12 heavy (non-hydrogen) atoms. The minimum Gasteiger partial charge on any atom is -0.269 e. The first-order valence-corrected chi connectivity index (χ1v) is 4.05. The monoisotopic (exact) mass is 202 g/mol. The first-order chi connectivity index (χ1) is 5.63. The van der Waals surface area contributed by atoms with Crippen molar-refractivity contribution < 1.29 is 0 Å². The second-order valence-corrected chi connectivity index (χ2v) is 3.17. The van der Waals surface area contributed by atoms with E-state index in [9.17, 15) is 0 Å². The maximum absolute atomic E-state index is 5.78. The van der Waals surface area contributed by atoms with E-state index >= 15 is 0 Å². The molecule has 4 heteroatoms. The van der Waals surface area contributed by atoms with Crippen LogP contribution in [-0.2, 0) is 0 Å². The minimum absolute atomic E-state index is 0.591. The summed E-state index contributed by atoms with van der Waals surface area (Å²) in [5.74, 6) is 0. The standard InChI is InChI=1S/C8H8Cl2N2/c1-11-12(2)8-4-6(9)3-7(10)5-8/h3-5H,1H2,2H3. The molecule has 0 bridgehead atoms. The highest BCUT2D eigenvalue weighted by atomic mass is 35.5. The fraction of sp³-hybridized carbons (Fsp3) is 0.125. The number of hydrazone groups is 1. The lowest BCUT2D eigenvalue weighted by Crippen LogP contribution is -2.06. The van der Waals surface area contributed by atoms with Crippen LogP contribution < -0.4 is 5.01 Å². The molecule has 0 aliphatic carbocycles. The topological polar surface area (TPSA) is 15.6 Å². The van der Waals surface area contributed by atoms with Crippen LogP contribution in [0.1, 0.15) is 0 Å². The van der Waals surface area contributed by atoms with Gasteiger partial charge in [-0.1, -0.05) is 23.2 Å². The summed E-state index contributed by atoms with van der Waals surface area (Å²) in [6, 6.07) is 5.20. The zero-order valence-corrected chi connectivity index (χ0v) is 8.10. The van der Waals surface area contributed by atoms with Crippen molar-refractivity contribution in [2.24, 2.45) is 5.10 Å². The molecule has 1 aromatic carbocycles. The third kappa shape index (κ3) is 2.13. The molecule has 0 saturated heterocycles. The molecule has 0 unspecified atom stereocenters. The van der Waals surface area contributed by atoms with E-state index in [1.165, 1.54) is 0 Å². The van der Waals surface area contributed by atoms with Crippen molar-refractivity contribution >= 4 is 35.6 Å². The van der Waals surface area contributed by atoms with Gasteiger partial charge in [0.2, 0.25) is 0 Å². The van der Waals surface area contributed by atoms with Gasteiger partial charge >= 0.3 is 0 Å². The second-order valence-electron chi connectivity index (χ2n) is 2.29. The van der Waals surface area contributed by atoms with Crippen LogP contribution in [0.3, 0.4) is 0 Å². The van der Waals surface area contributed by atoms with E-state index in [2.05, 4.69) is 11.8 Å². The average Bonchev–Trinajstić information content (AvgIpc) is 2.01. The van der Waals surface area contributed by atoms with E-state index < -0.39 is 0 Å². The SMILES string of the molecule is C=NN(C)c1cc(Cl)cc(Cl)c1. The summed E-state index contributed by atoms with van der Waals surface area (Å²) in [6.07, 6.45) is 0. The van der Waals surface area contributed by atoms with Crippen molar-refractivity contribution in [2.45, 2.75) is 0 Å². The molecule has 0 aromatic heterocycles. The average molecular weight is 203 g/mol. The number of rotatable bonds is 2. The number of nitrogens with zero attached hydrogens (tertiary/aromatic N) is 2. The van der Waals surface area contributed by atoms with Gasteiger partial charge in [0.25, 0.3) is 0 Å². The zero-order chi connectivity index (χ0) is 9.14. The Morgan fingerprint density at radius 2 is 1.75 bits per heavy atom. The Bertz CT molecular complexity index is 279. The van der Waals surface area contributed by atoms with Crippen LogP contribution in [0, 0.1) is 0 Å². The Hall–Kier alpha value is -0.730. The molecular weight excluding hydrogens is 195 g/mol. The van der Waals surface area contributed by atoms with E-state index in [-0.39, 0.29) is 0 Å². The summed E-state index contributed by atoms with van der Waals surface area (Å²) in [7, 11) is 1.77. The van der Waals surface area contributed by atoms with E-state index in [0.717, 1.165) is 5.69 Å². The third-order valence-electron chi connectivity index (χ3n) is 1.43. The normalized spacial score (nSPS) is 9.58. The van der Waals surface area contributed by atoms with Crippen molar-refractivity contribution in [1.82, 2.24) is 0 Å². The van der Waals surface area contributed by atoms with Crippen molar-refractivity contribution in [3.05, 3.63) is 28.2 Å². The van der Waals surface area contributed by atoms with Gasteiger partial charge in [0, 0.05) is 23.8 Å². The lowest BCUT2D eigenvalue weighted by atomic mass is 10.3. The molecule has 0 fully saturated rings. The van der Waals surface area contributed by atoms with Crippen LogP contribution in [0.5, 0.6) is 0 Å². The smallest absolute Gasteiger partial charge is 0.0619 e. The first kappa shape index (κ1) is 9.36.